The highest BCUT2D eigenvalue weighted by molar-refractivity contribution is 5.98. The summed E-state index contributed by atoms with van der Waals surface area (Å²) in [6.45, 7) is 3.01. The number of rotatable bonds is 6. The van der Waals surface area contributed by atoms with Crippen molar-refractivity contribution in [2.24, 2.45) is 0 Å². The highest BCUT2D eigenvalue weighted by Gasteiger charge is 2.39. The molecule has 9 nitrogen and oxygen atoms in total. The number of hydrogen-bond acceptors (Lipinski definition) is 7. The van der Waals surface area contributed by atoms with E-state index in [-0.39, 0.29) is 18.2 Å². The molecule has 1 aliphatic heterocycles. The third kappa shape index (κ3) is 4.55. The van der Waals surface area contributed by atoms with Gasteiger partial charge in [-0.05, 0) is 18.6 Å². The predicted octanol–water partition coefficient (Wildman–Crippen LogP) is 1.88. The van der Waals surface area contributed by atoms with Gasteiger partial charge < -0.3 is 19.1 Å². The molecule has 1 aromatic carbocycles. The summed E-state index contributed by atoms with van der Waals surface area (Å²) in [5.41, 5.74) is 1.42. The molecule has 3 heterocycles. The Morgan fingerprint density at radius 2 is 2.00 bits per heavy atom. The molecule has 2 aromatic heterocycles. The summed E-state index contributed by atoms with van der Waals surface area (Å²) in [6.07, 6.45) is 1.61. The first-order chi connectivity index (χ1) is 15.0. The van der Waals surface area contributed by atoms with Crippen molar-refractivity contribution in [3.05, 3.63) is 71.5 Å². The van der Waals surface area contributed by atoms with Gasteiger partial charge in [0.25, 0.3) is 5.91 Å². The highest BCUT2D eigenvalue weighted by atomic mass is 16.5. The first kappa shape index (κ1) is 20.5. The zero-order valence-electron chi connectivity index (χ0n) is 17.4. The van der Waals surface area contributed by atoms with E-state index in [2.05, 4.69) is 15.1 Å². The normalized spacial score (nSPS) is 16.5. The van der Waals surface area contributed by atoms with E-state index in [1.807, 2.05) is 30.3 Å². The second-order valence-corrected chi connectivity index (χ2v) is 7.29. The second-order valence-electron chi connectivity index (χ2n) is 7.29. The highest BCUT2D eigenvalue weighted by Crippen LogP contribution is 2.21. The minimum absolute atomic E-state index is 0.152. The van der Waals surface area contributed by atoms with E-state index in [0.29, 0.717) is 42.8 Å². The molecule has 0 radical (unpaired) electrons. The lowest BCUT2D eigenvalue weighted by Crippen LogP contribution is -2.59. The van der Waals surface area contributed by atoms with Gasteiger partial charge in [-0.2, -0.15) is 4.98 Å². The average molecular weight is 421 g/mol. The Morgan fingerprint density at radius 3 is 2.65 bits per heavy atom. The average Bonchev–Trinajstić information content (AvgIpc) is 3.21. The molecule has 0 bridgehead atoms. The third-order valence-corrected chi connectivity index (χ3v) is 5.19. The van der Waals surface area contributed by atoms with Gasteiger partial charge in [-0.25, -0.2) is 4.98 Å². The number of piperazine rings is 1. The van der Waals surface area contributed by atoms with Gasteiger partial charge in [-0.3, -0.25) is 9.59 Å². The lowest BCUT2D eigenvalue weighted by Gasteiger charge is -2.40. The quantitative estimate of drug-likeness (QED) is 0.599. The third-order valence-electron chi connectivity index (χ3n) is 5.19. The first-order valence-electron chi connectivity index (χ1n) is 9.98. The minimum Gasteiger partial charge on any atom is -0.481 e. The molecule has 1 unspecified atom stereocenters. The van der Waals surface area contributed by atoms with Crippen LogP contribution in [0, 0.1) is 6.92 Å². The fourth-order valence-electron chi connectivity index (χ4n) is 3.62. The Kier molecular flexibility index (Phi) is 5.92. The topological polar surface area (TPSA) is 102 Å². The molecule has 0 saturated carbocycles. The van der Waals surface area contributed by atoms with Crippen LogP contribution in [0.3, 0.4) is 0 Å². The van der Waals surface area contributed by atoms with Gasteiger partial charge in [-0.1, -0.05) is 35.5 Å². The van der Waals surface area contributed by atoms with Gasteiger partial charge in [0.1, 0.15) is 6.04 Å². The van der Waals surface area contributed by atoms with Crippen molar-refractivity contribution in [1.29, 1.82) is 0 Å². The Balaban J connectivity index is 1.58. The second kappa shape index (κ2) is 8.95. The van der Waals surface area contributed by atoms with Gasteiger partial charge in [0.15, 0.2) is 5.82 Å². The molecule has 4 rings (SSSR count). The molecule has 1 atom stereocenters. The van der Waals surface area contributed by atoms with Crippen LogP contribution >= 0.6 is 0 Å². The fourth-order valence-corrected chi connectivity index (χ4v) is 3.62. The number of hydrogen-bond donors (Lipinski definition) is 0. The fraction of sp³-hybridized carbons (Fsp3) is 0.318. The summed E-state index contributed by atoms with van der Waals surface area (Å²) in [5, 5.41) is 3.80. The maximum absolute atomic E-state index is 13.4. The molecule has 160 valence electrons. The number of pyridine rings is 1. The van der Waals surface area contributed by atoms with Crippen molar-refractivity contribution < 1.29 is 18.8 Å². The van der Waals surface area contributed by atoms with Crippen LogP contribution in [0.1, 0.15) is 27.6 Å². The summed E-state index contributed by atoms with van der Waals surface area (Å²) in [7, 11) is 1.51. The molecule has 3 aromatic rings. The minimum atomic E-state index is -0.744. The van der Waals surface area contributed by atoms with Crippen molar-refractivity contribution in [1.82, 2.24) is 24.9 Å². The summed E-state index contributed by atoms with van der Waals surface area (Å²) < 4.78 is 10.3. The maximum Gasteiger partial charge on any atom is 0.256 e. The molecular formula is C22H23N5O4. The van der Waals surface area contributed by atoms with Crippen molar-refractivity contribution >= 4 is 11.8 Å². The lowest BCUT2D eigenvalue weighted by molar-refractivity contribution is -0.141. The van der Waals surface area contributed by atoms with Crippen molar-refractivity contribution in [2.75, 3.05) is 20.2 Å². The van der Waals surface area contributed by atoms with E-state index in [1.54, 1.807) is 28.9 Å². The number of ether oxygens (including phenoxy) is 1. The van der Waals surface area contributed by atoms with E-state index in [0.717, 1.165) is 5.56 Å². The molecule has 0 aliphatic carbocycles. The van der Waals surface area contributed by atoms with E-state index >= 15 is 0 Å². The van der Waals surface area contributed by atoms with Crippen LogP contribution in [0.15, 0.2) is 53.2 Å². The number of aromatic nitrogens is 3. The smallest absolute Gasteiger partial charge is 0.256 e. The van der Waals surface area contributed by atoms with Crippen molar-refractivity contribution in [3.63, 3.8) is 0 Å². The van der Waals surface area contributed by atoms with E-state index in [4.69, 9.17) is 9.26 Å². The number of amides is 2. The van der Waals surface area contributed by atoms with Crippen LogP contribution in [0.5, 0.6) is 5.88 Å². The van der Waals surface area contributed by atoms with Gasteiger partial charge in [0.2, 0.25) is 17.7 Å². The van der Waals surface area contributed by atoms with Gasteiger partial charge in [0.05, 0.1) is 19.1 Å². The number of methoxy groups -OCH3 is 1. The van der Waals surface area contributed by atoms with Crippen LogP contribution in [0.4, 0.5) is 0 Å². The molecule has 9 heteroatoms. The molecular weight excluding hydrogens is 398 g/mol. The molecule has 0 N–H and O–H groups in total. The van der Waals surface area contributed by atoms with Crippen LogP contribution in [-0.4, -0.2) is 63.0 Å². The van der Waals surface area contributed by atoms with Crippen LogP contribution in [0.2, 0.25) is 0 Å². The molecule has 2 amide bonds. The Labute approximate surface area is 179 Å². The first-order valence-corrected chi connectivity index (χ1v) is 9.98. The van der Waals surface area contributed by atoms with Crippen LogP contribution < -0.4 is 4.74 Å². The van der Waals surface area contributed by atoms with Crippen molar-refractivity contribution in [2.45, 2.75) is 25.9 Å². The van der Waals surface area contributed by atoms with Gasteiger partial charge >= 0.3 is 0 Å². The van der Waals surface area contributed by atoms with Gasteiger partial charge in [0, 0.05) is 31.9 Å². The molecule has 0 spiro atoms. The lowest BCUT2D eigenvalue weighted by atomic mass is 10.0. The SMILES string of the molecule is COc1ccc(C(=O)N2CCN(Cc3ccccc3)C(=O)C2Cc2nc(C)no2)cn1. The predicted molar refractivity (Wildman–Crippen MR) is 110 cm³/mol. The van der Waals surface area contributed by atoms with Crippen molar-refractivity contribution in [3.8, 4) is 5.88 Å². The zero-order chi connectivity index (χ0) is 21.8. The number of aryl methyl sites for hydroxylation is 1. The zero-order valence-corrected chi connectivity index (χ0v) is 17.4. The summed E-state index contributed by atoms with van der Waals surface area (Å²) in [6, 6.07) is 12.3. The summed E-state index contributed by atoms with van der Waals surface area (Å²) >= 11 is 0. The largest absolute Gasteiger partial charge is 0.481 e. The number of benzene rings is 1. The molecule has 1 fully saturated rings. The van der Waals surface area contributed by atoms with Crippen LogP contribution in [-0.2, 0) is 17.8 Å². The number of carbonyl (C=O) groups is 2. The Bertz CT molecular complexity index is 1050. The molecule has 1 aliphatic rings. The number of nitrogens with zero attached hydrogens (tertiary/aromatic N) is 5. The van der Waals surface area contributed by atoms with Crippen LogP contribution in [0.25, 0.3) is 0 Å². The Hall–Kier alpha value is -3.75. The number of carbonyl (C=O) groups excluding carboxylic acids is 2. The monoisotopic (exact) mass is 421 g/mol. The molecule has 31 heavy (non-hydrogen) atoms. The Morgan fingerprint density at radius 1 is 1.19 bits per heavy atom. The van der Waals surface area contributed by atoms with E-state index in [1.165, 1.54) is 13.3 Å². The van der Waals surface area contributed by atoms with E-state index in [9.17, 15) is 9.59 Å². The van der Waals surface area contributed by atoms with E-state index < -0.39 is 6.04 Å². The maximum atomic E-state index is 13.4. The summed E-state index contributed by atoms with van der Waals surface area (Å²) in [5.74, 6) is 0.794. The summed E-state index contributed by atoms with van der Waals surface area (Å²) in [4.78, 5) is 38.3. The standard InChI is InChI=1S/C22H23N5O4/c1-15-24-20(31-25-15)12-18-22(29)26(14-16-6-4-3-5-7-16)10-11-27(18)21(28)17-8-9-19(30-2)23-13-17/h3-9,13,18H,10-12,14H2,1-2H3. The van der Waals surface area contributed by atoms with Gasteiger partial charge in [-0.15, -0.1) is 0 Å². The molecule has 1 saturated heterocycles.